The summed E-state index contributed by atoms with van der Waals surface area (Å²) in [5.74, 6) is -1.28. The number of carbonyl (C=O) groups is 1. The topological polar surface area (TPSA) is 89.7 Å². The number of esters is 1. The number of aromatic hydroxyl groups is 1. The average molecular weight is 246 g/mol. The van der Waals surface area contributed by atoms with E-state index in [2.05, 4.69) is 4.74 Å². The molecular weight excluding hydrogens is 238 g/mol. The number of phenols is 1. The van der Waals surface area contributed by atoms with Gasteiger partial charge >= 0.3 is 5.97 Å². The Morgan fingerprint density at radius 2 is 2.25 bits per heavy atom. The van der Waals surface area contributed by atoms with Crippen LogP contribution in [0.25, 0.3) is 0 Å². The van der Waals surface area contributed by atoms with E-state index < -0.39 is 22.3 Å². The zero-order chi connectivity index (χ0) is 12.3. The van der Waals surface area contributed by atoms with Crippen molar-refractivity contribution in [2.45, 2.75) is 6.92 Å². The molecule has 0 saturated carbocycles. The molecule has 0 bridgehead atoms. The van der Waals surface area contributed by atoms with E-state index in [1.807, 2.05) is 0 Å². The van der Waals surface area contributed by atoms with Crippen LogP contribution in [0, 0.1) is 10.1 Å². The Bertz CT molecular complexity index is 446. The van der Waals surface area contributed by atoms with E-state index >= 15 is 0 Å². The number of hydrogen-bond acceptors (Lipinski definition) is 5. The van der Waals surface area contributed by atoms with E-state index in [0.29, 0.717) is 0 Å². The van der Waals surface area contributed by atoms with Crippen LogP contribution >= 0.6 is 11.6 Å². The molecule has 0 aromatic heterocycles. The molecule has 0 aliphatic heterocycles. The van der Waals surface area contributed by atoms with Crippen molar-refractivity contribution in [2.75, 3.05) is 6.61 Å². The first-order valence-electron chi connectivity index (χ1n) is 4.31. The molecule has 16 heavy (non-hydrogen) atoms. The Kier molecular flexibility index (Phi) is 3.68. The van der Waals surface area contributed by atoms with E-state index in [4.69, 9.17) is 11.6 Å². The Hall–Kier alpha value is -1.82. The van der Waals surface area contributed by atoms with Crippen LogP contribution in [0.3, 0.4) is 0 Å². The minimum atomic E-state index is -0.874. The van der Waals surface area contributed by atoms with Gasteiger partial charge in [-0.3, -0.25) is 10.1 Å². The normalized spacial score (nSPS) is 9.88. The van der Waals surface area contributed by atoms with Crippen LogP contribution in [-0.4, -0.2) is 22.6 Å². The molecule has 0 radical (unpaired) electrons. The van der Waals surface area contributed by atoms with Gasteiger partial charge in [0, 0.05) is 12.1 Å². The summed E-state index contributed by atoms with van der Waals surface area (Å²) < 4.78 is 4.62. The molecule has 0 saturated heterocycles. The maximum atomic E-state index is 11.4. The van der Waals surface area contributed by atoms with Crippen molar-refractivity contribution in [1.82, 2.24) is 0 Å². The highest BCUT2D eigenvalue weighted by Crippen LogP contribution is 2.31. The number of hydrogen-bond donors (Lipinski definition) is 1. The Morgan fingerprint density at radius 1 is 1.62 bits per heavy atom. The highest BCUT2D eigenvalue weighted by molar-refractivity contribution is 6.32. The molecule has 0 fully saturated rings. The van der Waals surface area contributed by atoms with Gasteiger partial charge in [-0.1, -0.05) is 11.6 Å². The molecular formula is C9H8ClNO5. The number of benzene rings is 1. The number of carbonyl (C=O) groups excluding carboxylic acids is 1. The number of phenolic OH excluding ortho intramolecular Hbond substituents is 1. The minimum absolute atomic E-state index is 0.0827. The van der Waals surface area contributed by atoms with Crippen LogP contribution in [0.15, 0.2) is 12.1 Å². The maximum Gasteiger partial charge on any atom is 0.345 e. The summed E-state index contributed by atoms with van der Waals surface area (Å²) in [5.41, 5.74) is -0.824. The summed E-state index contributed by atoms with van der Waals surface area (Å²) >= 11 is 5.51. The smallest absolute Gasteiger partial charge is 0.345 e. The van der Waals surface area contributed by atoms with Gasteiger partial charge in [0.2, 0.25) is 0 Å². The minimum Gasteiger partial charge on any atom is -0.506 e. The van der Waals surface area contributed by atoms with E-state index in [1.165, 1.54) is 0 Å². The van der Waals surface area contributed by atoms with Crippen LogP contribution in [0.5, 0.6) is 5.75 Å². The molecule has 1 rings (SSSR count). The first-order valence-corrected chi connectivity index (χ1v) is 4.69. The first-order chi connectivity index (χ1) is 7.47. The van der Waals surface area contributed by atoms with Gasteiger partial charge in [-0.15, -0.1) is 0 Å². The quantitative estimate of drug-likeness (QED) is 0.500. The third-order valence-corrected chi connectivity index (χ3v) is 2.06. The monoisotopic (exact) mass is 245 g/mol. The van der Waals surface area contributed by atoms with E-state index in [-0.39, 0.29) is 17.2 Å². The predicted octanol–water partition coefficient (Wildman–Crippen LogP) is 2.13. The number of ether oxygens (including phenoxy) is 1. The molecule has 86 valence electrons. The van der Waals surface area contributed by atoms with Gasteiger partial charge in [0.05, 0.1) is 16.6 Å². The molecule has 7 heteroatoms. The largest absolute Gasteiger partial charge is 0.506 e. The van der Waals surface area contributed by atoms with Gasteiger partial charge in [-0.2, -0.15) is 0 Å². The lowest BCUT2D eigenvalue weighted by atomic mass is 10.1. The highest BCUT2D eigenvalue weighted by atomic mass is 35.5. The van der Waals surface area contributed by atoms with Gasteiger partial charge in [0.1, 0.15) is 11.3 Å². The number of rotatable bonds is 3. The van der Waals surface area contributed by atoms with Crippen molar-refractivity contribution >= 4 is 23.3 Å². The zero-order valence-electron chi connectivity index (χ0n) is 8.27. The second kappa shape index (κ2) is 4.80. The van der Waals surface area contributed by atoms with Gasteiger partial charge in [0.15, 0.2) is 0 Å². The summed E-state index contributed by atoms with van der Waals surface area (Å²) in [5, 5.41) is 19.7. The van der Waals surface area contributed by atoms with Crippen LogP contribution in [0.1, 0.15) is 17.3 Å². The first kappa shape index (κ1) is 12.3. The molecule has 0 amide bonds. The summed E-state index contributed by atoms with van der Waals surface area (Å²) in [7, 11) is 0. The summed E-state index contributed by atoms with van der Waals surface area (Å²) in [6.45, 7) is 1.65. The molecule has 0 unspecified atom stereocenters. The van der Waals surface area contributed by atoms with Crippen molar-refractivity contribution in [3.8, 4) is 5.75 Å². The fraction of sp³-hybridized carbons (Fsp3) is 0.222. The lowest BCUT2D eigenvalue weighted by Crippen LogP contribution is -2.07. The molecule has 0 spiro atoms. The molecule has 0 aliphatic carbocycles. The van der Waals surface area contributed by atoms with Crippen LogP contribution in [0.2, 0.25) is 5.02 Å². The molecule has 0 atom stereocenters. The highest BCUT2D eigenvalue weighted by Gasteiger charge is 2.23. The molecule has 1 aromatic rings. The summed E-state index contributed by atoms with van der Waals surface area (Å²) in [6, 6.07) is 1.82. The van der Waals surface area contributed by atoms with Gasteiger partial charge in [-0.05, 0) is 6.92 Å². The molecule has 1 N–H and O–H groups in total. The van der Waals surface area contributed by atoms with Gasteiger partial charge < -0.3 is 9.84 Å². The van der Waals surface area contributed by atoms with Crippen LogP contribution in [0.4, 0.5) is 5.69 Å². The molecule has 0 aliphatic rings. The Balaban J connectivity index is 3.30. The van der Waals surface area contributed by atoms with Crippen molar-refractivity contribution in [3.05, 3.63) is 32.8 Å². The second-order valence-corrected chi connectivity index (χ2v) is 3.21. The van der Waals surface area contributed by atoms with Crippen molar-refractivity contribution < 1.29 is 19.6 Å². The predicted molar refractivity (Wildman–Crippen MR) is 55.7 cm³/mol. The van der Waals surface area contributed by atoms with E-state index in [0.717, 1.165) is 12.1 Å². The van der Waals surface area contributed by atoms with E-state index in [1.54, 1.807) is 6.92 Å². The number of nitro groups is 1. The Labute approximate surface area is 95.6 Å². The number of nitrogens with zero attached hydrogens (tertiary/aromatic N) is 1. The third kappa shape index (κ3) is 2.40. The lowest BCUT2D eigenvalue weighted by Gasteiger charge is -2.04. The standard InChI is InChI=1S/C9H8ClNO5/c1-2-16-9(13)5-3-8(12)6(10)4-7(5)11(14)15/h3-4,12H,2H2,1H3. The molecule has 6 nitrogen and oxygen atoms in total. The number of halogens is 1. The van der Waals surface area contributed by atoms with Crippen LogP contribution < -0.4 is 0 Å². The average Bonchev–Trinajstić information content (AvgIpc) is 2.21. The number of nitro benzene ring substituents is 1. The second-order valence-electron chi connectivity index (χ2n) is 2.80. The SMILES string of the molecule is CCOC(=O)c1cc(O)c(Cl)cc1[N+](=O)[O-]. The Morgan fingerprint density at radius 3 is 2.75 bits per heavy atom. The van der Waals surface area contributed by atoms with Gasteiger partial charge in [0.25, 0.3) is 5.69 Å². The van der Waals surface area contributed by atoms with E-state index in [9.17, 15) is 20.0 Å². The summed E-state index contributed by atoms with van der Waals surface area (Å²) in [4.78, 5) is 21.2. The van der Waals surface area contributed by atoms with Crippen molar-refractivity contribution in [1.29, 1.82) is 0 Å². The molecule has 1 aromatic carbocycles. The van der Waals surface area contributed by atoms with Crippen LogP contribution in [-0.2, 0) is 4.74 Å². The lowest BCUT2D eigenvalue weighted by molar-refractivity contribution is -0.385. The third-order valence-electron chi connectivity index (χ3n) is 1.76. The fourth-order valence-electron chi connectivity index (χ4n) is 1.07. The fourth-order valence-corrected chi connectivity index (χ4v) is 1.23. The van der Waals surface area contributed by atoms with Gasteiger partial charge in [-0.25, -0.2) is 4.79 Å². The van der Waals surface area contributed by atoms with Crippen molar-refractivity contribution in [2.24, 2.45) is 0 Å². The summed E-state index contributed by atoms with van der Waals surface area (Å²) in [6.07, 6.45) is 0. The zero-order valence-corrected chi connectivity index (χ0v) is 9.02. The van der Waals surface area contributed by atoms with Crippen molar-refractivity contribution in [3.63, 3.8) is 0 Å². The maximum absolute atomic E-state index is 11.4. The molecule has 0 heterocycles.